The molecule has 2 aromatic rings. The highest BCUT2D eigenvalue weighted by Crippen LogP contribution is 2.26. The molecule has 1 aliphatic rings. The van der Waals surface area contributed by atoms with Crippen molar-refractivity contribution in [2.75, 3.05) is 5.32 Å². The summed E-state index contributed by atoms with van der Waals surface area (Å²) in [6.45, 7) is 2.02. The number of hydrogen-bond donors (Lipinski definition) is 1. The van der Waals surface area contributed by atoms with Crippen molar-refractivity contribution in [1.82, 2.24) is 15.0 Å². The van der Waals surface area contributed by atoms with Crippen LogP contribution >= 0.6 is 0 Å². The van der Waals surface area contributed by atoms with Crippen LogP contribution in [-0.2, 0) is 4.79 Å². The normalized spacial score (nSPS) is 14.3. The molecule has 0 aromatic carbocycles. The quantitative estimate of drug-likeness (QED) is 0.938. The van der Waals surface area contributed by atoms with E-state index >= 15 is 0 Å². The van der Waals surface area contributed by atoms with E-state index in [4.69, 9.17) is 0 Å². The van der Waals surface area contributed by atoms with Gasteiger partial charge >= 0.3 is 0 Å². The van der Waals surface area contributed by atoms with Crippen molar-refractivity contribution >= 4 is 11.7 Å². The van der Waals surface area contributed by atoms with Gasteiger partial charge in [0.15, 0.2) is 0 Å². The molecule has 106 valence electrons. The Morgan fingerprint density at radius 1 is 1.10 bits per heavy atom. The molecule has 2 heterocycles. The van der Waals surface area contributed by atoms with E-state index in [-0.39, 0.29) is 5.91 Å². The molecule has 0 saturated carbocycles. The second kappa shape index (κ2) is 5.83. The molecule has 3 rings (SSSR count). The van der Waals surface area contributed by atoms with Crippen LogP contribution < -0.4 is 5.32 Å². The van der Waals surface area contributed by atoms with Gasteiger partial charge < -0.3 is 5.32 Å². The average Bonchev–Trinajstić information content (AvgIpc) is 2.95. The van der Waals surface area contributed by atoms with Crippen molar-refractivity contribution < 1.29 is 4.79 Å². The number of carbonyl (C=O) groups is 1. The maximum Gasteiger partial charge on any atom is 0.252 e. The van der Waals surface area contributed by atoms with Crippen LogP contribution in [0.5, 0.6) is 0 Å². The van der Waals surface area contributed by atoms with E-state index < -0.39 is 0 Å². The summed E-state index contributed by atoms with van der Waals surface area (Å²) in [5, 5.41) is 2.85. The molecular weight excluding hydrogens is 264 g/mol. The number of nitrogens with one attached hydrogen (secondary N) is 1. The lowest BCUT2D eigenvalue weighted by Gasteiger charge is -2.07. The van der Waals surface area contributed by atoms with Crippen molar-refractivity contribution in [1.29, 1.82) is 0 Å². The predicted molar refractivity (Wildman–Crippen MR) is 80.4 cm³/mol. The SMILES string of the molecule is CC1=C(C(=O)Nc2ccc(-c3cncnc3)cn2)CCC1. The van der Waals surface area contributed by atoms with Crippen LogP contribution in [-0.4, -0.2) is 20.9 Å². The third kappa shape index (κ3) is 2.97. The summed E-state index contributed by atoms with van der Waals surface area (Å²) in [5.41, 5.74) is 3.91. The molecule has 0 unspecified atom stereocenters. The number of anilines is 1. The summed E-state index contributed by atoms with van der Waals surface area (Å²) in [6.07, 6.45) is 9.60. The first-order valence-corrected chi connectivity index (χ1v) is 6.95. The summed E-state index contributed by atoms with van der Waals surface area (Å²) < 4.78 is 0. The molecule has 0 spiro atoms. The van der Waals surface area contributed by atoms with Gasteiger partial charge in [0.25, 0.3) is 5.91 Å². The molecule has 0 bridgehead atoms. The Kier molecular flexibility index (Phi) is 3.73. The number of nitrogens with zero attached hydrogens (tertiary/aromatic N) is 3. The van der Waals surface area contributed by atoms with Gasteiger partial charge in [0.2, 0.25) is 0 Å². The maximum atomic E-state index is 12.2. The Balaban J connectivity index is 1.73. The van der Waals surface area contributed by atoms with E-state index in [2.05, 4.69) is 20.3 Å². The lowest BCUT2D eigenvalue weighted by atomic mass is 10.1. The smallest absolute Gasteiger partial charge is 0.252 e. The molecule has 1 amide bonds. The fourth-order valence-corrected chi connectivity index (χ4v) is 2.48. The highest BCUT2D eigenvalue weighted by molar-refractivity contribution is 6.04. The van der Waals surface area contributed by atoms with Gasteiger partial charge in [0.1, 0.15) is 12.1 Å². The van der Waals surface area contributed by atoms with Crippen LogP contribution in [0.15, 0.2) is 48.2 Å². The van der Waals surface area contributed by atoms with E-state index in [0.717, 1.165) is 36.0 Å². The Labute approximate surface area is 123 Å². The highest BCUT2D eigenvalue weighted by Gasteiger charge is 2.18. The number of pyridine rings is 1. The van der Waals surface area contributed by atoms with Crippen molar-refractivity contribution in [3.63, 3.8) is 0 Å². The molecule has 1 N–H and O–H groups in total. The van der Waals surface area contributed by atoms with E-state index in [1.807, 2.05) is 13.0 Å². The van der Waals surface area contributed by atoms with Gasteiger partial charge in [-0.3, -0.25) is 4.79 Å². The van der Waals surface area contributed by atoms with Gasteiger partial charge in [-0.1, -0.05) is 5.57 Å². The zero-order valence-electron chi connectivity index (χ0n) is 11.8. The third-order valence-corrected chi connectivity index (χ3v) is 3.67. The van der Waals surface area contributed by atoms with Gasteiger partial charge in [-0.15, -0.1) is 0 Å². The van der Waals surface area contributed by atoms with Gasteiger partial charge in [-0.25, -0.2) is 15.0 Å². The van der Waals surface area contributed by atoms with Gasteiger partial charge in [-0.05, 0) is 38.3 Å². The lowest BCUT2D eigenvalue weighted by molar-refractivity contribution is -0.113. The van der Waals surface area contributed by atoms with Crippen LogP contribution in [0.4, 0.5) is 5.82 Å². The largest absolute Gasteiger partial charge is 0.307 e. The summed E-state index contributed by atoms with van der Waals surface area (Å²) in [4.78, 5) is 24.4. The number of aromatic nitrogens is 3. The Bertz CT molecular complexity index is 677. The van der Waals surface area contributed by atoms with Crippen LogP contribution in [0, 0.1) is 0 Å². The second-order valence-corrected chi connectivity index (χ2v) is 5.13. The highest BCUT2D eigenvalue weighted by atomic mass is 16.1. The molecule has 0 radical (unpaired) electrons. The number of hydrogen-bond acceptors (Lipinski definition) is 4. The van der Waals surface area contributed by atoms with Crippen molar-refractivity contribution in [3.05, 3.63) is 48.2 Å². The minimum Gasteiger partial charge on any atom is -0.307 e. The molecule has 0 atom stereocenters. The van der Waals surface area contributed by atoms with Crippen LogP contribution in [0.2, 0.25) is 0 Å². The first kappa shape index (κ1) is 13.4. The first-order chi connectivity index (χ1) is 10.2. The molecular formula is C16H16N4O. The number of amides is 1. The molecule has 0 saturated heterocycles. The van der Waals surface area contributed by atoms with Crippen molar-refractivity contribution in [3.8, 4) is 11.1 Å². The fraction of sp³-hybridized carbons (Fsp3) is 0.250. The molecule has 5 heteroatoms. The van der Waals surface area contributed by atoms with Gasteiger partial charge in [0, 0.05) is 35.3 Å². The summed E-state index contributed by atoms with van der Waals surface area (Å²) >= 11 is 0. The second-order valence-electron chi connectivity index (χ2n) is 5.13. The molecule has 0 fully saturated rings. The number of rotatable bonds is 3. The summed E-state index contributed by atoms with van der Waals surface area (Å²) in [6, 6.07) is 3.70. The van der Waals surface area contributed by atoms with E-state index in [9.17, 15) is 4.79 Å². The topological polar surface area (TPSA) is 67.8 Å². The summed E-state index contributed by atoms with van der Waals surface area (Å²) in [5.74, 6) is 0.529. The predicted octanol–water partition coefficient (Wildman–Crippen LogP) is 2.98. The van der Waals surface area contributed by atoms with E-state index in [0.29, 0.717) is 5.82 Å². The summed E-state index contributed by atoms with van der Waals surface area (Å²) in [7, 11) is 0. The Hall–Kier alpha value is -2.56. The van der Waals surface area contributed by atoms with Crippen LogP contribution in [0.25, 0.3) is 11.1 Å². The zero-order valence-corrected chi connectivity index (χ0v) is 11.8. The molecule has 1 aliphatic carbocycles. The number of allylic oxidation sites excluding steroid dienone is 1. The molecule has 0 aliphatic heterocycles. The minimum absolute atomic E-state index is 0.0340. The van der Waals surface area contributed by atoms with Gasteiger partial charge in [-0.2, -0.15) is 0 Å². The van der Waals surface area contributed by atoms with Crippen molar-refractivity contribution in [2.24, 2.45) is 0 Å². The maximum absolute atomic E-state index is 12.2. The fourth-order valence-electron chi connectivity index (χ4n) is 2.48. The average molecular weight is 280 g/mol. The molecule has 21 heavy (non-hydrogen) atoms. The number of carbonyl (C=O) groups excluding carboxylic acids is 1. The molecule has 5 nitrogen and oxygen atoms in total. The van der Waals surface area contributed by atoms with E-state index in [1.54, 1.807) is 24.7 Å². The van der Waals surface area contributed by atoms with Crippen molar-refractivity contribution in [2.45, 2.75) is 26.2 Å². The first-order valence-electron chi connectivity index (χ1n) is 6.95. The monoisotopic (exact) mass is 280 g/mol. The van der Waals surface area contributed by atoms with E-state index in [1.165, 1.54) is 11.9 Å². The Morgan fingerprint density at radius 3 is 2.52 bits per heavy atom. The van der Waals surface area contributed by atoms with Gasteiger partial charge in [0.05, 0.1) is 0 Å². The standard InChI is InChI=1S/C16H16N4O/c1-11-3-2-4-14(11)16(21)20-15-6-5-12(9-19-15)13-7-17-10-18-8-13/h5-10H,2-4H2,1H3,(H,19,20,21). The Morgan fingerprint density at radius 2 is 1.90 bits per heavy atom. The third-order valence-electron chi connectivity index (χ3n) is 3.67. The van der Waals surface area contributed by atoms with Crippen LogP contribution in [0.3, 0.4) is 0 Å². The van der Waals surface area contributed by atoms with Crippen LogP contribution in [0.1, 0.15) is 26.2 Å². The molecule has 2 aromatic heterocycles. The zero-order chi connectivity index (χ0) is 14.7. The minimum atomic E-state index is -0.0340. The lowest BCUT2D eigenvalue weighted by Crippen LogP contribution is -2.14.